The van der Waals surface area contributed by atoms with Gasteiger partial charge in [0.1, 0.15) is 12.3 Å². The Morgan fingerprint density at radius 2 is 1.94 bits per heavy atom. The van der Waals surface area contributed by atoms with E-state index in [1.165, 1.54) is 5.01 Å². The van der Waals surface area contributed by atoms with Crippen LogP contribution in [0.3, 0.4) is 0 Å². The largest absolute Gasteiger partial charge is 0.493 e. The molecule has 1 fully saturated rings. The van der Waals surface area contributed by atoms with Crippen molar-refractivity contribution >= 4 is 46.2 Å². The highest BCUT2D eigenvalue weighted by Gasteiger charge is 2.55. The molecular formula is C24H20N4O4S2. The van der Waals surface area contributed by atoms with E-state index in [4.69, 9.17) is 4.74 Å². The van der Waals surface area contributed by atoms with E-state index >= 15 is 0 Å². The van der Waals surface area contributed by atoms with Gasteiger partial charge >= 0.3 is 6.03 Å². The van der Waals surface area contributed by atoms with E-state index in [0.717, 1.165) is 20.4 Å². The quantitative estimate of drug-likeness (QED) is 0.562. The van der Waals surface area contributed by atoms with Crippen LogP contribution in [-0.2, 0) is 15.1 Å². The van der Waals surface area contributed by atoms with Crippen LogP contribution in [0.5, 0.6) is 5.75 Å². The van der Waals surface area contributed by atoms with Crippen LogP contribution >= 0.6 is 22.7 Å². The van der Waals surface area contributed by atoms with Crippen LogP contribution in [-0.4, -0.2) is 46.6 Å². The molecule has 6 rings (SSSR count). The molecule has 0 radical (unpaired) electrons. The summed E-state index contributed by atoms with van der Waals surface area (Å²) in [5.74, 6) is -0.264. The fourth-order valence-electron chi connectivity index (χ4n) is 4.76. The predicted octanol–water partition coefficient (Wildman–Crippen LogP) is 3.72. The Labute approximate surface area is 203 Å². The summed E-state index contributed by atoms with van der Waals surface area (Å²) in [4.78, 5) is 43.0. The summed E-state index contributed by atoms with van der Waals surface area (Å²) in [7, 11) is 0. The highest BCUT2D eigenvalue weighted by molar-refractivity contribution is 7.12. The Kier molecular flexibility index (Phi) is 5.00. The number of urea groups is 1. The van der Waals surface area contributed by atoms with Crippen LogP contribution < -0.4 is 10.1 Å². The van der Waals surface area contributed by atoms with Gasteiger partial charge in [0.05, 0.1) is 23.2 Å². The first-order valence-corrected chi connectivity index (χ1v) is 12.7. The Balaban J connectivity index is 1.29. The number of nitrogens with zero attached hydrogens (tertiary/aromatic N) is 3. The third-order valence-electron chi connectivity index (χ3n) is 6.39. The Morgan fingerprint density at radius 1 is 1.12 bits per heavy atom. The van der Waals surface area contributed by atoms with Crippen molar-refractivity contribution in [1.29, 1.82) is 0 Å². The summed E-state index contributed by atoms with van der Waals surface area (Å²) >= 11 is 3.13. The van der Waals surface area contributed by atoms with Gasteiger partial charge in [-0.05, 0) is 29.0 Å². The molecule has 3 aliphatic rings. The van der Waals surface area contributed by atoms with Crippen LogP contribution in [0.2, 0.25) is 0 Å². The van der Waals surface area contributed by atoms with Crippen molar-refractivity contribution in [1.82, 2.24) is 15.2 Å². The van der Waals surface area contributed by atoms with Gasteiger partial charge in [0.15, 0.2) is 5.54 Å². The number of thiophene rings is 2. The van der Waals surface area contributed by atoms with Crippen molar-refractivity contribution in [3.63, 3.8) is 0 Å². The lowest BCUT2D eigenvalue weighted by atomic mass is 9.84. The van der Waals surface area contributed by atoms with E-state index in [-0.39, 0.29) is 12.6 Å². The lowest BCUT2D eigenvalue weighted by Crippen LogP contribution is -2.48. The first kappa shape index (κ1) is 21.1. The number of ether oxygens (including phenoxy) is 1. The van der Waals surface area contributed by atoms with Crippen LogP contribution in [0, 0.1) is 0 Å². The molecule has 2 unspecified atom stereocenters. The molecule has 3 aliphatic heterocycles. The molecule has 1 saturated heterocycles. The molecule has 34 heavy (non-hydrogen) atoms. The molecule has 1 spiro atoms. The lowest BCUT2D eigenvalue weighted by Gasteiger charge is -2.33. The van der Waals surface area contributed by atoms with Crippen LogP contribution in [0.25, 0.3) is 0 Å². The number of hydrogen-bond acceptors (Lipinski definition) is 7. The number of rotatable bonds is 4. The average molecular weight is 493 g/mol. The summed E-state index contributed by atoms with van der Waals surface area (Å²) in [6.45, 7) is -0.0790. The van der Waals surface area contributed by atoms with Crippen molar-refractivity contribution in [3.8, 4) is 5.75 Å². The maximum absolute atomic E-state index is 13.6. The minimum atomic E-state index is -1.21. The van der Waals surface area contributed by atoms with Gasteiger partial charge in [-0.3, -0.25) is 14.5 Å². The first-order valence-electron chi connectivity index (χ1n) is 10.9. The summed E-state index contributed by atoms with van der Waals surface area (Å²) in [5, 5.41) is 12.8. The molecule has 1 aromatic carbocycles. The number of benzene rings is 1. The van der Waals surface area contributed by atoms with Crippen molar-refractivity contribution in [2.24, 2.45) is 5.10 Å². The molecule has 0 bridgehead atoms. The molecule has 0 saturated carbocycles. The zero-order valence-electron chi connectivity index (χ0n) is 18.0. The van der Waals surface area contributed by atoms with Crippen LogP contribution in [0.15, 0.2) is 64.4 Å². The smallest absolute Gasteiger partial charge is 0.325 e. The number of hydrazone groups is 1. The van der Waals surface area contributed by atoms with Gasteiger partial charge in [-0.15, -0.1) is 22.7 Å². The molecule has 3 aromatic rings. The minimum absolute atomic E-state index is 0.261. The molecule has 10 heteroatoms. The third kappa shape index (κ3) is 3.24. The van der Waals surface area contributed by atoms with E-state index < -0.39 is 23.4 Å². The third-order valence-corrected chi connectivity index (χ3v) is 8.29. The van der Waals surface area contributed by atoms with Crippen LogP contribution in [0.4, 0.5) is 4.79 Å². The second kappa shape index (κ2) is 8.07. The number of nitrogens with one attached hydrogen (secondary N) is 1. The van der Waals surface area contributed by atoms with E-state index in [1.54, 1.807) is 40.9 Å². The number of para-hydroxylation sites is 1. The highest BCUT2D eigenvalue weighted by atomic mass is 32.1. The molecule has 2 aromatic heterocycles. The number of fused-ring (bicyclic) bond motifs is 2. The Morgan fingerprint density at radius 3 is 2.74 bits per heavy atom. The zero-order chi connectivity index (χ0) is 23.3. The van der Waals surface area contributed by atoms with E-state index in [9.17, 15) is 14.4 Å². The molecule has 8 nitrogen and oxygen atoms in total. The SMILES string of the molecule is O=C1NC2(CCOc3ccccc32)C(=O)N1CC(=O)N1N=C(c2cccs2)CC1c1cccs1. The van der Waals surface area contributed by atoms with E-state index in [0.29, 0.717) is 30.8 Å². The van der Waals surface area contributed by atoms with Crippen molar-refractivity contribution < 1.29 is 19.1 Å². The first-order chi connectivity index (χ1) is 16.6. The fourth-order valence-corrected chi connectivity index (χ4v) is 6.29. The van der Waals surface area contributed by atoms with Crippen molar-refractivity contribution in [3.05, 3.63) is 74.6 Å². The number of carbonyl (C=O) groups is 3. The topological polar surface area (TPSA) is 91.3 Å². The number of hydrogen-bond donors (Lipinski definition) is 1. The van der Waals surface area contributed by atoms with Crippen molar-refractivity contribution in [2.75, 3.05) is 13.2 Å². The summed E-state index contributed by atoms with van der Waals surface area (Å²) in [6, 6.07) is 14.2. The summed E-state index contributed by atoms with van der Waals surface area (Å²) in [6.07, 6.45) is 0.892. The normalized spacial score (nSPS) is 23.6. The van der Waals surface area contributed by atoms with E-state index in [2.05, 4.69) is 10.4 Å². The molecular weight excluding hydrogens is 472 g/mol. The molecule has 5 heterocycles. The Bertz CT molecular complexity index is 1300. The van der Waals surface area contributed by atoms with Crippen LogP contribution in [0.1, 0.15) is 34.2 Å². The molecule has 1 N–H and O–H groups in total. The number of imide groups is 1. The maximum atomic E-state index is 13.6. The molecule has 4 amide bonds. The van der Waals surface area contributed by atoms with Gasteiger partial charge in [-0.1, -0.05) is 30.3 Å². The van der Waals surface area contributed by atoms with Gasteiger partial charge in [-0.25, -0.2) is 9.80 Å². The van der Waals surface area contributed by atoms with E-state index in [1.807, 2.05) is 41.1 Å². The minimum Gasteiger partial charge on any atom is -0.493 e. The Hall–Kier alpha value is -3.50. The fraction of sp³-hybridized carbons (Fsp3) is 0.250. The highest BCUT2D eigenvalue weighted by Crippen LogP contribution is 2.41. The van der Waals surface area contributed by atoms with Gasteiger partial charge in [0.2, 0.25) is 0 Å². The zero-order valence-corrected chi connectivity index (χ0v) is 19.6. The number of amides is 4. The van der Waals surface area contributed by atoms with Gasteiger partial charge in [0, 0.05) is 23.3 Å². The maximum Gasteiger partial charge on any atom is 0.325 e. The van der Waals surface area contributed by atoms with Gasteiger partial charge in [-0.2, -0.15) is 5.10 Å². The second-order valence-electron chi connectivity index (χ2n) is 8.32. The predicted molar refractivity (Wildman–Crippen MR) is 128 cm³/mol. The van der Waals surface area contributed by atoms with Gasteiger partial charge in [0.25, 0.3) is 11.8 Å². The molecule has 2 atom stereocenters. The molecule has 0 aliphatic carbocycles. The summed E-state index contributed by atoms with van der Waals surface area (Å²) in [5.41, 5.74) is 0.231. The van der Waals surface area contributed by atoms with Gasteiger partial charge < -0.3 is 10.1 Å². The number of carbonyl (C=O) groups excluding carboxylic acids is 3. The summed E-state index contributed by atoms with van der Waals surface area (Å²) < 4.78 is 5.68. The lowest BCUT2D eigenvalue weighted by molar-refractivity contribution is -0.140. The monoisotopic (exact) mass is 492 g/mol. The molecule has 172 valence electrons. The standard InChI is InChI=1S/C24H20N4O4S2/c29-21(28-17(20-8-4-12-34-20)13-16(26-28)19-7-3-11-33-19)14-27-22(30)24(25-23(27)31)9-10-32-18-6-2-1-5-15(18)24/h1-8,11-12,17H,9-10,13-14H2,(H,25,31). The average Bonchev–Trinajstić information content (AvgIpc) is 3.64. The van der Waals surface area contributed by atoms with Crippen molar-refractivity contribution in [2.45, 2.75) is 24.4 Å². The second-order valence-corrected chi connectivity index (χ2v) is 10.2.